The number of halogens is 1. The van der Waals surface area contributed by atoms with Crippen LogP contribution >= 0.6 is 11.6 Å². The number of azo groups is 1. The molecular weight excluding hydrogens is 272 g/mol. The van der Waals surface area contributed by atoms with Gasteiger partial charge in [-0.15, -0.1) is 0 Å². The lowest BCUT2D eigenvalue weighted by atomic mass is 9.91. The van der Waals surface area contributed by atoms with E-state index in [0.717, 1.165) is 11.3 Å². The molecule has 0 saturated heterocycles. The van der Waals surface area contributed by atoms with E-state index in [2.05, 4.69) is 21.3 Å². The topological polar surface area (TPSA) is 61.4 Å². The summed E-state index contributed by atoms with van der Waals surface area (Å²) >= 11 is 5.91. The van der Waals surface area contributed by atoms with Crippen molar-refractivity contribution in [1.82, 2.24) is 4.98 Å². The van der Waals surface area contributed by atoms with Crippen LogP contribution in [0, 0.1) is 11.3 Å². The monoisotopic (exact) mass is 282 g/mol. The number of rotatable bonds is 2. The van der Waals surface area contributed by atoms with E-state index in [9.17, 15) is 0 Å². The van der Waals surface area contributed by atoms with Crippen molar-refractivity contribution in [3.8, 4) is 6.07 Å². The molecule has 1 aliphatic rings. The summed E-state index contributed by atoms with van der Waals surface area (Å²) in [5.41, 5.74) is 2.55. The minimum atomic E-state index is -0.0345. The van der Waals surface area contributed by atoms with Gasteiger partial charge in [0.2, 0.25) is 0 Å². The van der Waals surface area contributed by atoms with Crippen molar-refractivity contribution in [2.24, 2.45) is 10.2 Å². The van der Waals surface area contributed by atoms with Crippen LogP contribution in [0.4, 0.5) is 0 Å². The number of pyridine rings is 1. The van der Waals surface area contributed by atoms with Gasteiger partial charge in [0.1, 0.15) is 12.1 Å². The van der Waals surface area contributed by atoms with Crippen LogP contribution in [0.5, 0.6) is 0 Å². The summed E-state index contributed by atoms with van der Waals surface area (Å²) in [6.45, 7) is 0.617. The highest BCUT2D eigenvalue weighted by Gasteiger charge is 2.29. The summed E-state index contributed by atoms with van der Waals surface area (Å²) in [5, 5.41) is 18.0. The lowest BCUT2D eigenvalue weighted by Crippen LogP contribution is -2.09. The van der Waals surface area contributed by atoms with Gasteiger partial charge in [0.15, 0.2) is 0 Å². The molecule has 5 heteroatoms. The number of hydrogen-bond acceptors (Lipinski definition) is 4. The van der Waals surface area contributed by atoms with Gasteiger partial charge in [0.05, 0.1) is 18.0 Å². The Hall–Kier alpha value is -2.25. The zero-order valence-corrected chi connectivity index (χ0v) is 11.3. The molecule has 0 fully saturated rings. The summed E-state index contributed by atoms with van der Waals surface area (Å²) < 4.78 is 0. The third-order valence-corrected chi connectivity index (χ3v) is 3.62. The lowest BCUT2D eigenvalue weighted by molar-refractivity contribution is 0.619. The molecule has 1 aliphatic heterocycles. The predicted molar refractivity (Wildman–Crippen MR) is 75.6 cm³/mol. The van der Waals surface area contributed by atoms with Crippen molar-refractivity contribution in [2.45, 2.75) is 12.0 Å². The first-order chi connectivity index (χ1) is 9.78. The average Bonchev–Trinajstić information content (AvgIpc) is 2.97. The zero-order chi connectivity index (χ0) is 13.9. The second kappa shape index (κ2) is 5.40. The highest BCUT2D eigenvalue weighted by atomic mass is 35.5. The Bertz CT molecular complexity index is 671. The molecule has 0 spiro atoms. The van der Waals surface area contributed by atoms with Gasteiger partial charge in [-0.05, 0) is 29.8 Å². The van der Waals surface area contributed by atoms with Crippen molar-refractivity contribution in [1.29, 1.82) is 5.26 Å². The molecule has 3 rings (SSSR count). The third-order valence-electron chi connectivity index (χ3n) is 3.37. The first kappa shape index (κ1) is 12.8. The second-order valence-corrected chi connectivity index (χ2v) is 5.06. The molecule has 0 amide bonds. The van der Waals surface area contributed by atoms with Gasteiger partial charge in [0.25, 0.3) is 0 Å². The summed E-state index contributed by atoms with van der Waals surface area (Å²) in [6, 6.07) is 13.3. The number of benzene rings is 1. The standard InChI is InChI=1S/C15H11ClN4/c16-12-4-2-11(3-5-12)15-13(9-19-20-15)14-6-1-10(7-17)8-18-14/h1-6,8,13,15H,9H2. The predicted octanol–water partition coefficient (Wildman–Crippen LogP) is 3.90. The molecule has 0 N–H and O–H groups in total. The first-order valence-corrected chi connectivity index (χ1v) is 6.64. The summed E-state index contributed by atoms with van der Waals surface area (Å²) in [6.07, 6.45) is 1.59. The molecule has 1 aromatic heterocycles. The van der Waals surface area contributed by atoms with E-state index in [1.807, 2.05) is 30.3 Å². The van der Waals surface area contributed by atoms with Crippen molar-refractivity contribution < 1.29 is 0 Å². The van der Waals surface area contributed by atoms with Gasteiger partial charge in [-0.1, -0.05) is 23.7 Å². The molecule has 2 heterocycles. The zero-order valence-electron chi connectivity index (χ0n) is 10.6. The fourth-order valence-corrected chi connectivity index (χ4v) is 2.43. The highest BCUT2D eigenvalue weighted by Crippen LogP contribution is 2.38. The summed E-state index contributed by atoms with van der Waals surface area (Å²) in [7, 11) is 0. The maximum absolute atomic E-state index is 8.81. The number of hydrogen-bond donors (Lipinski definition) is 0. The van der Waals surface area contributed by atoms with Gasteiger partial charge >= 0.3 is 0 Å². The van der Waals surface area contributed by atoms with Crippen molar-refractivity contribution in [3.63, 3.8) is 0 Å². The van der Waals surface area contributed by atoms with Crippen LogP contribution in [-0.4, -0.2) is 11.5 Å². The van der Waals surface area contributed by atoms with Gasteiger partial charge in [0, 0.05) is 16.9 Å². The Balaban J connectivity index is 1.89. The molecular formula is C15H11ClN4. The Labute approximate surface area is 121 Å². The van der Waals surface area contributed by atoms with Crippen LogP contribution in [0.1, 0.15) is 28.8 Å². The SMILES string of the molecule is N#Cc1ccc(C2CN=NC2c2ccc(Cl)cc2)nc1. The van der Waals surface area contributed by atoms with E-state index in [4.69, 9.17) is 16.9 Å². The molecule has 0 aliphatic carbocycles. The lowest BCUT2D eigenvalue weighted by Gasteiger charge is -2.16. The van der Waals surface area contributed by atoms with Crippen molar-refractivity contribution in [2.75, 3.05) is 6.54 Å². The molecule has 20 heavy (non-hydrogen) atoms. The van der Waals surface area contributed by atoms with E-state index >= 15 is 0 Å². The molecule has 0 saturated carbocycles. The third kappa shape index (κ3) is 2.40. The van der Waals surface area contributed by atoms with Crippen LogP contribution < -0.4 is 0 Å². The second-order valence-electron chi connectivity index (χ2n) is 4.63. The van der Waals surface area contributed by atoms with Crippen LogP contribution in [-0.2, 0) is 0 Å². The largest absolute Gasteiger partial charge is 0.259 e. The van der Waals surface area contributed by atoms with E-state index in [0.29, 0.717) is 17.1 Å². The van der Waals surface area contributed by atoms with Crippen LogP contribution in [0.25, 0.3) is 0 Å². The molecule has 98 valence electrons. The van der Waals surface area contributed by atoms with E-state index in [-0.39, 0.29) is 12.0 Å². The molecule has 2 aromatic rings. The van der Waals surface area contributed by atoms with Gasteiger partial charge in [-0.2, -0.15) is 15.5 Å². The molecule has 2 atom stereocenters. The Morgan fingerprint density at radius 3 is 2.60 bits per heavy atom. The van der Waals surface area contributed by atoms with Crippen LogP contribution in [0.3, 0.4) is 0 Å². The fourth-order valence-electron chi connectivity index (χ4n) is 2.31. The minimum Gasteiger partial charge on any atom is -0.259 e. The van der Waals surface area contributed by atoms with Gasteiger partial charge < -0.3 is 0 Å². The van der Waals surface area contributed by atoms with Crippen molar-refractivity contribution in [3.05, 3.63) is 64.4 Å². The highest BCUT2D eigenvalue weighted by molar-refractivity contribution is 6.30. The Morgan fingerprint density at radius 2 is 1.95 bits per heavy atom. The minimum absolute atomic E-state index is 0.0345. The van der Waals surface area contributed by atoms with Gasteiger partial charge in [-0.3, -0.25) is 4.98 Å². The van der Waals surface area contributed by atoms with Crippen LogP contribution in [0.2, 0.25) is 5.02 Å². The number of aromatic nitrogens is 1. The van der Waals surface area contributed by atoms with E-state index in [1.54, 1.807) is 12.3 Å². The maximum atomic E-state index is 8.81. The number of nitrogens with zero attached hydrogens (tertiary/aromatic N) is 4. The van der Waals surface area contributed by atoms with E-state index in [1.165, 1.54) is 0 Å². The quantitative estimate of drug-likeness (QED) is 0.838. The van der Waals surface area contributed by atoms with Gasteiger partial charge in [-0.25, -0.2) is 0 Å². The van der Waals surface area contributed by atoms with Crippen molar-refractivity contribution >= 4 is 11.6 Å². The molecule has 0 radical (unpaired) electrons. The first-order valence-electron chi connectivity index (χ1n) is 6.26. The van der Waals surface area contributed by atoms with Crippen LogP contribution in [0.15, 0.2) is 52.8 Å². The Morgan fingerprint density at radius 1 is 1.15 bits per heavy atom. The van der Waals surface area contributed by atoms with E-state index < -0.39 is 0 Å². The number of nitriles is 1. The average molecular weight is 283 g/mol. The normalized spacial score (nSPS) is 20.8. The molecule has 4 nitrogen and oxygen atoms in total. The Kier molecular flexibility index (Phi) is 3.44. The molecule has 2 unspecified atom stereocenters. The summed E-state index contributed by atoms with van der Waals surface area (Å²) in [4.78, 5) is 4.36. The molecule has 1 aromatic carbocycles. The summed E-state index contributed by atoms with van der Waals surface area (Å²) in [5.74, 6) is 0.115. The molecule has 0 bridgehead atoms. The smallest absolute Gasteiger partial charge is 0.106 e. The maximum Gasteiger partial charge on any atom is 0.106 e. The fraction of sp³-hybridized carbons (Fsp3) is 0.200.